The van der Waals surface area contributed by atoms with Gasteiger partial charge in [-0.15, -0.1) is 0 Å². The van der Waals surface area contributed by atoms with E-state index in [9.17, 15) is 0 Å². The van der Waals surface area contributed by atoms with Crippen molar-refractivity contribution in [3.8, 4) is 22.3 Å². The lowest BCUT2D eigenvalue weighted by Crippen LogP contribution is -2.28. The van der Waals surface area contributed by atoms with Crippen LogP contribution in [0.25, 0.3) is 55.5 Å². The van der Waals surface area contributed by atoms with Crippen LogP contribution in [0.15, 0.2) is 150 Å². The molecule has 0 saturated heterocycles. The van der Waals surface area contributed by atoms with E-state index in [2.05, 4.69) is 115 Å². The summed E-state index contributed by atoms with van der Waals surface area (Å²) in [6.07, 6.45) is 0. The minimum Gasteiger partial charge on any atom is -0.436 e. The summed E-state index contributed by atoms with van der Waals surface area (Å²) >= 11 is 0. The van der Waals surface area contributed by atoms with E-state index in [1.165, 1.54) is 33.4 Å². The van der Waals surface area contributed by atoms with Crippen LogP contribution in [-0.4, -0.2) is 9.97 Å². The van der Waals surface area contributed by atoms with Crippen molar-refractivity contribution in [1.82, 2.24) is 9.97 Å². The highest BCUT2D eigenvalue weighted by Crippen LogP contribution is 2.56. The SMILES string of the molecule is c1ccc(C2(c3ccccc3)c3ccccc3-c3ccc(-c4ccc5oc6nc7ccccc7nc6c5c4)cc32)cc1. The number of furan rings is 1. The van der Waals surface area contributed by atoms with E-state index in [1.54, 1.807) is 0 Å². The van der Waals surface area contributed by atoms with Gasteiger partial charge in [0.25, 0.3) is 0 Å². The van der Waals surface area contributed by atoms with E-state index in [4.69, 9.17) is 14.4 Å². The van der Waals surface area contributed by atoms with Crippen LogP contribution in [0.2, 0.25) is 0 Å². The van der Waals surface area contributed by atoms with Crippen molar-refractivity contribution in [2.45, 2.75) is 5.41 Å². The van der Waals surface area contributed by atoms with Crippen molar-refractivity contribution in [3.05, 3.63) is 168 Å². The molecule has 0 aliphatic heterocycles. The summed E-state index contributed by atoms with van der Waals surface area (Å²) in [6.45, 7) is 0. The van der Waals surface area contributed by atoms with E-state index in [0.717, 1.165) is 38.6 Å². The molecule has 3 nitrogen and oxygen atoms in total. The molecule has 9 rings (SSSR count). The van der Waals surface area contributed by atoms with Crippen LogP contribution >= 0.6 is 0 Å². The Morgan fingerprint density at radius 1 is 0.476 bits per heavy atom. The summed E-state index contributed by atoms with van der Waals surface area (Å²) in [4.78, 5) is 9.68. The highest BCUT2D eigenvalue weighted by Gasteiger charge is 2.46. The van der Waals surface area contributed by atoms with Crippen LogP contribution in [0.1, 0.15) is 22.3 Å². The average molecular weight is 537 g/mol. The second kappa shape index (κ2) is 8.73. The number of aromatic nitrogens is 2. The van der Waals surface area contributed by atoms with Gasteiger partial charge in [0.1, 0.15) is 11.1 Å². The first-order chi connectivity index (χ1) is 20.8. The van der Waals surface area contributed by atoms with Gasteiger partial charge in [0.05, 0.1) is 16.4 Å². The lowest BCUT2D eigenvalue weighted by Gasteiger charge is -2.34. The first-order valence-electron chi connectivity index (χ1n) is 14.3. The number of rotatable bonds is 3. The van der Waals surface area contributed by atoms with E-state index in [-0.39, 0.29) is 0 Å². The molecule has 0 bridgehead atoms. The second-order valence-corrected chi connectivity index (χ2v) is 11.0. The Kier molecular flexibility index (Phi) is 4.82. The smallest absolute Gasteiger partial charge is 0.246 e. The minimum absolute atomic E-state index is 0.429. The van der Waals surface area contributed by atoms with Crippen molar-refractivity contribution in [1.29, 1.82) is 0 Å². The highest BCUT2D eigenvalue weighted by atomic mass is 16.3. The molecule has 2 heterocycles. The quantitative estimate of drug-likeness (QED) is 0.226. The van der Waals surface area contributed by atoms with Crippen LogP contribution in [0, 0.1) is 0 Å². The first kappa shape index (κ1) is 23.2. The fourth-order valence-electron chi connectivity index (χ4n) is 6.94. The predicted octanol–water partition coefficient (Wildman–Crippen LogP) is 9.56. The van der Waals surface area contributed by atoms with Crippen molar-refractivity contribution in [2.24, 2.45) is 0 Å². The van der Waals surface area contributed by atoms with Gasteiger partial charge in [-0.05, 0) is 74.8 Å². The molecule has 0 spiro atoms. The van der Waals surface area contributed by atoms with Crippen molar-refractivity contribution < 1.29 is 4.42 Å². The molecule has 0 fully saturated rings. The lowest BCUT2D eigenvalue weighted by molar-refractivity contribution is 0.655. The van der Waals surface area contributed by atoms with Crippen LogP contribution in [0.3, 0.4) is 0 Å². The predicted molar refractivity (Wildman–Crippen MR) is 170 cm³/mol. The monoisotopic (exact) mass is 536 g/mol. The summed E-state index contributed by atoms with van der Waals surface area (Å²) in [5.41, 5.74) is 13.4. The van der Waals surface area contributed by atoms with Gasteiger partial charge >= 0.3 is 0 Å². The number of para-hydroxylation sites is 2. The largest absolute Gasteiger partial charge is 0.436 e. The van der Waals surface area contributed by atoms with Gasteiger partial charge in [0.2, 0.25) is 5.71 Å². The maximum atomic E-state index is 6.14. The molecule has 0 atom stereocenters. The number of hydrogen-bond acceptors (Lipinski definition) is 3. The van der Waals surface area contributed by atoms with Crippen LogP contribution in [0.5, 0.6) is 0 Å². The molecule has 0 amide bonds. The number of hydrogen-bond donors (Lipinski definition) is 0. The highest BCUT2D eigenvalue weighted by molar-refractivity contribution is 6.05. The molecule has 1 aliphatic rings. The molecule has 1 aliphatic carbocycles. The van der Waals surface area contributed by atoms with E-state index >= 15 is 0 Å². The molecule has 0 N–H and O–H groups in total. The van der Waals surface area contributed by atoms with Crippen LogP contribution < -0.4 is 0 Å². The number of fused-ring (bicyclic) bond motifs is 7. The zero-order chi connectivity index (χ0) is 27.7. The molecule has 0 saturated carbocycles. The Balaban J connectivity index is 1.31. The fourth-order valence-corrected chi connectivity index (χ4v) is 6.94. The Labute approximate surface area is 242 Å². The van der Waals surface area contributed by atoms with Crippen molar-refractivity contribution in [2.75, 3.05) is 0 Å². The normalized spacial score (nSPS) is 13.4. The van der Waals surface area contributed by atoms with Gasteiger partial charge in [0, 0.05) is 5.39 Å². The van der Waals surface area contributed by atoms with Crippen molar-refractivity contribution in [3.63, 3.8) is 0 Å². The Morgan fingerprint density at radius 3 is 1.83 bits per heavy atom. The standard InChI is InChI=1S/C39H24N2O/c1-3-11-27(12-4-1)39(28-13-5-2-6-14-28)32-16-8-7-15-29(32)30-21-19-26(24-33(30)39)25-20-22-36-31(23-25)37-38(42-36)41-35-18-10-9-17-34(35)40-37/h1-24H. The van der Waals surface area contributed by atoms with Gasteiger partial charge in [-0.1, -0.05) is 115 Å². The lowest BCUT2D eigenvalue weighted by atomic mass is 9.67. The molecule has 0 unspecified atom stereocenters. The maximum Gasteiger partial charge on any atom is 0.246 e. The van der Waals surface area contributed by atoms with E-state index in [0.29, 0.717) is 5.71 Å². The van der Waals surface area contributed by atoms with E-state index < -0.39 is 5.41 Å². The first-order valence-corrected chi connectivity index (χ1v) is 14.3. The molecule has 6 aromatic carbocycles. The Bertz CT molecular complexity index is 2260. The van der Waals surface area contributed by atoms with Gasteiger partial charge in [-0.2, -0.15) is 0 Å². The Morgan fingerprint density at radius 2 is 1.07 bits per heavy atom. The van der Waals surface area contributed by atoms with E-state index in [1.807, 2.05) is 30.3 Å². The summed E-state index contributed by atoms with van der Waals surface area (Å²) in [7, 11) is 0. The summed E-state index contributed by atoms with van der Waals surface area (Å²) in [5.74, 6) is 0. The topological polar surface area (TPSA) is 38.9 Å². The van der Waals surface area contributed by atoms with Gasteiger partial charge in [-0.25, -0.2) is 9.97 Å². The molecule has 196 valence electrons. The molecule has 3 heteroatoms. The summed E-state index contributed by atoms with van der Waals surface area (Å²) in [5, 5.41) is 0.974. The third kappa shape index (κ3) is 3.16. The minimum atomic E-state index is -0.429. The molecular formula is C39H24N2O. The van der Waals surface area contributed by atoms with Gasteiger partial charge in [-0.3, -0.25) is 0 Å². The zero-order valence-electron chi connectivity index (χ0n) is 22.7. The molecule has 0 radical (unpaired) electrons. The third-order valence-corrected chi connectivity index (χ3v) is 8.77. The summed E-state index contributed by atoms with van der Waals surface area (Å²) in [6, 6.07) is 51.9. The number of benzene rings is 6. The van der Waals surface area contributed by atoms with Gasteiger partial charge in [0.15, 0.2) is 0 Å². The number of nitrogens with zero attached hydrogens (tertiary/aromatic N) is 2. The van der Waals surface area contributed by atoms with Crippen LogP contribution in [-0.2, 0) is 5.41 Å². The third-order valence-electron chi connectivity index (χ3n) is 8.77. The van der Waals surface area contributed by atoms with Crippen LogP contribution in [0.4, 0.5) is 0 Å². The molecular weight excluding hydrogens is 512 g/mol. The Hall–Kier alpha value is -5.54. The molecule has 2 aromatic heterocycles. The molecule has 8 aromatic rings. The fraction of sp³-hybridized carbons (Fsp3) is 0.0256. The van der Waals surface area contributed by atoms with Gasteiger partial charge < -0.3 is 4.42 Å². The summed E-state index contributed by atoms with van der Waals surface area (Å²) < 4.78 is 6.14. The zero-order valence-corrected chi connectivity index (χ0v) is 22.7. The molecule has 42 heavy (non-hydrogen) atoms. The van der Waals surface area contributed by atoms with Crippen molar-refractivity contribution >= 4 is 33.2 Å². The second-order valence-electron chi connectivity index (χ2n) is 11.0. The maximum absolute atomic E-state index is 6.14. The average Bonchev–Trinajstić information content (AvgIpc) is 3.57.